The number of anilines is 2. The van der Waals surface area contributed by atoms with Crippen molar-refractivity contribution in [3.63, 3.8) is 0 Å². The van der Waals surface area contributed by atoms with E-state index in [1.165, 1.54) is 24.0 Å². The third-order valence-corrected chi connectivity index (χ3v) is 5.76. The summed E-state index contributed by atoms with van der Waals surface area (Å²) in [4.78, 5) is 16.6. The number of amides is 1. The molecule has 1 amide bonds. The highest BCUT2D eigenvalue weighted by Crippen LogP contribution is 2.28. The largest absolute Gasteiger partial charge is 0.370 e. The zero-order valence-corrected chi connectivity index (χ0v) is 18.9. The number of hydrogen-bond donors (Lipinski definition) is 3. The summed E-state index contributed by atoms with van der Waals surface area (Å²) < 4.78 is 0. The highest BCUT2D eigenvalue weighted by Gasteiger charge is 2.25. The number of nitrogens with one attached hydrogen (secondary N) is 2. The lowest BCUT2D eigenvalue weighted by atomic mass is 9.85. The standard InChI is InChI=1S/C23H28N4O.HI/c24-23(27-21-13-5-8-17-7-1-2-12-20(17)21)25-15-16-6-3-11-19(14-16)26-22(28)18-9-4-10-18;/h3,5-6,8,11,13-14,18H,1-2,4,7,9-10,12,15H2,(H,26,28)(H3,24,25,27);1H. The first-order chi connectivity index (χ1) is 13.7. The minimum atomic E-state index is 0. The van der Waals surface area contributed by atoms with Crippen LogP contribution in [0.1, 0.15) is 48.8 Å². The molecular formula is C23H29IN4O. The second-order valence-electron chi connectivity index (χ2n) is 7.79. The predicted octanol–water partition coefficient (Wildman–Crippen LogP) is 4.85. The van der Waals surface area contributed by atoms with E-state index in [4.69, 9.17) is 5.73 Å². The van der Waals surface area contributed by atoms with E-state index in [0.717, 1.165) is 49.0 Å². The molecule has 4 N–H and O–H groups in total. The Balaban J connectivity index is 0.00000240. The molecular weight excluding hydrogens is 475 g/mol. The van der Waals surface area contributed by atoms with Gasteiger partial charge in [0, 0.05) is 17.3 Å². The van der Waals surface area contributed by atoms with Crippen LogP contribution in [0.4, 0.5) is 11.4 Å². The summed E-state index contributed by atoms with van der Waals surface area (Å²) in [7, 11) is 0. The Labute approximate surface area is 189 Å². The van der Waals surface area contributed by atoms with Crippen LogP contribution in [0.5, 0.6) is 0 Å². The number of hydrogen-bond acceptors (Lipinski definition) is 2. The number of nitrogens with two attached hydrogens (primary N) is 1. The second-order valence-corrected chi connectivity index (χ2v) is 7.79. The first-order valence-electron chi connectivity index (χ1n) is 10.3. The Morgan fingerprint density at radius 3 is 2.62 bits per heavy atom. The van der Waals surface area contributed by atoms with Crippen LogP contribution in [0.2, 0.25) is 0 Å². The van der Waals surface area contributed by atoms with Crippen molar-refractivity contribution in [2.45, 2.75) is 51.5 Å². The summed E-state index contributed by atoms with van der Waals surface area (Å²) in [5.41, 5.74) is 11.8. The van der Waals surface area contributed by atoms with Gasteiger partial charge in [-0.3, -0.25) is 4.79 Å². The van der Waals surface area contributed by atoms with E-state index < -0.39 is 0 Å². The Bertz CT molecular complexity index is 892. The fourth-order valence-electron chi connectivity index (χ4n) is 3.91. The molecule has 154 valence electrons. The highest BCUT2D eigenvalue weighted by atomic mass is 127. The molecule has 0 aliphatic heterocycles. The number of carbonyl (C=O) groups is 1. The summed E-state index contributed by atoms with van der Waals surface area (Å²) in [6, 6.07) is 14.2. The maximum atomic E-state index is 12.1. The number of benzene rings is 2. The number of aryl methyl sites for hydroxylation is 1. The lowest BCUT2D eigenvalue weighted by Gasteiger charge is -2.24. The monoisotopic (exact) mass is 504 g/mol. The Kier molecular flexibility index (Phi) is 7.52. The van der Waals surface area contributed by atoms with E-state index in [0.29, 0.717) is 12.5 Å². The van der Waals surface area contributed by atoms with Crippen molar-refractivity contribution in [3.8, 4) is 0 Å². The molecule has 29 heavy (non-hydrogen) atoms. The van der Waals surface area contributed by atoms with Crippen LogP contribution in [-0.2, 0) is 24.2 Å². The van der Waals surface area contributed by atoms with E-state index in [2.05, 4.69) is 33.8 Å². The smallest absolute Gasteiger partial charge is 0.227 e. The van der Waals surface area contributed by atoms with E-state index in [1.54, 1.807) is 0 Å². The minimum absolute atomic E-state index is 0. The molecule has 6 heteroatoms. The van der Waals surface area contributed by atoms with E-state index >= 15 is 0 Å². The molecule has 0 bridgehead atoms. The van der Waals surface area contributed by atoms with Crippen molar-refractivity contribution in [2.75, 3.05) is 10.6 Å². The van der Waals surface area contributed by atoms with Gasteiger partial charge in [0.25, 0.3) is 0 Å². The highest BCUT2D eigenvalue weighted by molar-refractivity contribution is 14.0. The van der Waals surface area contributed by atoms with Gasteiger partial charge in [0.2, 0.25) is 5.91 Å². The number of guanidine groups is 1. The summed E-state index contributed by atoms with van der Waals surface area (Å²) >= 11 is 0. The molecule has 0 unspecified atom stereocenters. The minimum Gasteiger partial charge on any atom is -0.370 e. The second kappa shape index (κ2) is 10.1. The molecule has 0 saturated heterocycles. The van der Waals surface area contributed by atoms with Crippen molar-refractivity contribution >= 4 is 47.2 Å². The number of fused-ring (bicyclic) bond motifs is 1. The van der Waals surface area contributed by atoms with Gasteiger partial charge in [0.1, 0.15) is 0 Å². The Morgan fingerprint density at radius 1 is 1.03 bits per heavy atom. The maximum Gasteiger partial charge on any atom is 0.227 e. The fourth-order valence-corrected chi connectivity index (χ4v) is 3.91. The van der Waals surface area contributed by atoms with Crippen molar-refractivity contribution < 1.29 is 4.79 Å². The number of halogens is 1. The molecule has 0 aromatic heterocycles. The lowest BCUT2D eigenvalue weighted by Crippen LogP contribution is -2.28. The quantitative estimate of drug-likeness (QED) is 0.310. The fraction of sp³-hybridized carbons (Fsp3) is 0.391. The molecule has 0 heterocycles. The van der Waals surface area contributed by atoms with Crippen molar-refractivity contribution in [1.29, 1.82) is 0 Å². The molecule has 2 aromatic rings. The average molecular weight is 504 g/mol. The molecule has 4 rings (SSSR count). The van der Waals surface area contributed by atoms with Gasteiger partial charge in [0.05, 0.1) is 6.54 Å². The molecule has 5 nitrogen and oxygen atoms in total. The van der Waals surface area contributed by atoms with E-state index in [9.17, 15) is 4.79 Å². The van der Waals surface area contributed by atoms with Crippen LogP contribution < -0.4 is 16.4 Å². The van der Waals surface area contributed by atoms with Crippen LogP contribution in [0.3, 0.4) is 0 Å². The average Bonchev–Trinajstić information content (AvgIpc) is 2.66. The van der Waals surface area contributed by atoms with Gasteiger partial charge in [-0.15, -0.1) is 24.0 Å². The number of nitrogens with zero attached hydrogens (tertiary/aromatic N) is 1. The zero-order valence-electron chi connectivity index (χ0n) is 16.6. The van der Waals surface area contributed by atoms with Crippen molar-refractivity contribution in [2.24, 2.45) is 16.6 Å². The summed E-state index contributed by atoms with van der Waals surface area (Å²) in [6.45, 7) is 0.473. The van der Waals surface area contributed by atoms with Gasteiger partial charge in [0.15, 0.2) is 5.96 Å². The Morgan fingerprint density at radius 2 is 1.83 bits per heavy atom. The third kappa shape index (κ3) is 5.50. The van der Waals surface area contributed by atoms with Crippen LogP contribution >= 0.6 is 24.0 Å². The molecule has 2 aromatic carbocycles. The van der Waals surface area contributed by atoms with Crippen molar-refractivity contribution in [1.82, 2.24) is 0 Å². The molecule has 0 spiro atoms. The number of aliphatic imine (C=N–C) groups is 1. The molecule has 1 saturated carbocycles. The van der Waals surface area contributed by atoms with Gasteiger partial charge in [-0.2, -0.15) is 0 Å². The van der Waals surface area contributed by atoms with Crippen LogP contribution in [0.25, 0.3) is 0 Å². The molecule has 0 atom stereocenters. The van der Waals surface area contributed by atoms with Crippen LogP contribution in [0.15, 0.2) is 47.5 Å². The zero-order chi connectivity index (χ0) is 19.3. The molecule has 0 radical (unpaired) electrons. The number of rotatable bonds is 5. The van der Waals surface area contributed by atoms with Gasteiger partial charge in [-0.25, -0.2) is 4.99 Å². The first-order valence-corrected chi connectivity index (χ1v) is 10.3. The molecule has 2 aliphatic carbocycles. The van der Waals surface area contributed by atoms with Crippen molar-refractivity contribution in [3.05, 3.63) is 59.2 Å². The summed E-state index contributed by atoms with van der Waals surface area (Å²) in [5.74, 6) is 0.725. The van der Waals surface area contributed by atoms with Gasteiger partial charge in [-0.05, 0) is 73.4 Å². The lowest BCUT2D eigenvalue weighted by molar-refractivity contribution is -0.122. The van der Waals surface area contributed by atoms with Crippen LogP contribution in [0, 0.1) is 5.92 Å². The topological polar surface area (TPSA) is 79.5 Å². The SMILES string of the molecule is I.NC(=NCc1cccc(NC(=O)C2CCC2)c1)Nc1cccc2c1CCCC2. The first kappa shape index (κ1) is 21.6. The normalized spacial score (nSPS) is 16.2. The van der Waals surface area contributed by atoms with Gasteiger partial charge in [-0.1, -0.05) is 30.7 Å². The Hall–Kier alpha value is -2.09. The van der Waals surface area contributed by atoms with Gasteiger partial charge < -0.3 is 16.4 Å². The predicted molar refractivity (Wildman–Crippen MR) is 130 cm³/mol. The van der Waals surface area contributed by atoms with Gasteiger partial charge >= 0.3 is 0 Å². The maximum absolute atomic E-state index is 12.1. The van der Waals surface area contributed by atoms with E-state index in [1.807, 2.05) is 24.3 Å². The number of carbonyl (C=O) groups excluding carboxylic acids is 1. The third-order valence-electron chi connectivity index (χ3n) is 5.76. The van der Waals surface area contributed by atoms with E-state index in [-0.39, 0.29) is 35.8 Å². The molecule has 1 fully saturated rings. The van der Waals surface area contributed by atoms with Crippen LogP contribution in [-0.4, -0.2) is 11.9 Å². The summed E-state index contributed by atoms with van der Waals surface area (Å²) in [6.07, 6.45) is 7.87. The molecule has 2 aliphatic rings. The summed E-state index contributed by atoms with van der Waals surface area (Å²) in [5, 5.41) is 6.29.